The van der Waals surface area contributed by atoms with Crippen LogP contribution in [0, 0.1) is 5.82 Å². The van der Waals surface area contributed by atoms with Crippen LogP contribution in [0.25, 0.3) is 0 Å². The Balaban J connectivity index is 2.21. The first-order chi connectivity index (χ1) is 11.0. The van der Waals surface area contributed by atoms with Gasteiger partial charge in [0.25, 0.3) is 0 Å². The monoisotopic (exact) mass is 356 g/mol. The van der Waals surface area contributed by atoms with Crippen molar-refractivity contribution in [3.63, 3.8) is 0 Å². The van der Waals surface area contributed by atoms with E-state index in [1.807, 2.05) is 6.07 Å². The molecule has 0 N–H and O–H groups in total. The minimum Gasteiger partial charge on any atom is -0.455 e. The van der Waals surface area contributed by atoms with Crippen LogP contribution in [-0.2, 0) is 14.3 Å². The fourth-order valence-corrected chi connectivity index (χ4v) is 2.88. The predicted octanol–water partition coefficient (Wildman–Crippen LogP) is 5.12. The van der Waals surface area contributed by atoms with Crippen LogP contribution in [0.4, 0.5) is 4.39 Å². The maximum atomic E-state index is 13.6. The number of methoxy groups -OCH3 is 1. The molecular weight excluding hydrogens is 342 g/mol. The number of ether oxygens (including phenoxy) is 2. The highest BCUT2D eigenvalue weighted by atomic mass is 35.5. The van der Waals surface area contributed by atoms with Gasteiger partial charge >= 0.3 is 5.97 Å². The van der Waals surface area contributed by atoms with Gasteiger partial charge in [-0.05, 0) is 24.6 Å². The highest BCUT2D eigenvalue weighted by Gasteiger charge is 2.26. The summed E-state index contributed by atoms with van der Waals surface area (Å²) in [6, 6.07) is 11.4. The van der Waals surface area contributed by atoms with Crippen LogP contribution < -0.4 is 0 Å². The lowest BCUT2D eigenvalue weighted by Crippen LogP contribution is -2.19. The molecule has 2 rings (SSSR count). The van der Waals surface area contributed by atoms with Crippen LogP contribution in [0.3, 0.4) is 0 Å². The summed E-state index contributed by atoms with van der Waals surface area (Å²) in [5.41, 5.74) is 0.883. The lowest BCUT2D eigenvalue weighted by atomic mass is 10.1. The van der Waals surface area contributed by atoms with Crippen molar-refractivity contribution in [2.24, 2.45) is 0 Å². The zero-order valence-corrected chi connectivity index (χ0v) is 14.1. The number of hydrogen-bond acceptors (Lipinski definition) is 3. The molecule has 0 fully saturated rings. The molecule has 0 radical (unpaired) electrons. The molecule has 0 aliphatic rings. The molecule has 0 bridgehead atoms. The summed E-state index contributed by atoms with van der Waals surface area (Å²) in [6.45, 7) is 1.57. The minimum absolute atomic E-state index is 0.161. The van der Waals surface area contributed by atoms with E-state index in [0.717, 1.165) is 6.07 Å². The van der Waals surface area contributed by atoms with Crippen molar-refractivity contribution < 1.29 is 18.7 Å². The molecule has 23 heavy (non-hydrogen) atoms. The van der Waals surface area contributed by atoms with Gasteiger partial charge < -0.3 is 9.47 Å². The van der Waals surface area contributed by atoms with E-state index in [2.05, 4.69) is 0 Å². The van der Waals surface area contributed by atoms with Gasteiger partial charge in [-0.3, -0.25) is 0 Å². The van der Waals surface area contributed by atoms with Crippen molar-refractivity contribution in [3.8, 4) is 0 Å². The molecule has 2 aromatic carbocycles. The molecule has 0 saturated heterocycles. The number of carbonyl (C=O) groups is 1. The van der Waals surface area contributed by atoms with Gasteiger partial charge in [0.1, 0.15) is 11.9 Å². The minimum atomic E-state index is -0.884. The number of hydrogen-bond donors (Lipinski definition) is 0. The van der Waals surface area contributed by atoms with Crippen molar-refractivity contribution in [3.05, 3.63) is 69.5 Å². The summed E-state index contributed by atoms with van der Waals surface area (Å²) in [7, 11) is 1.41. The van der Waals surface area contributed by atoms with Gasteiger partial charge in [-0.25, -0.2) is 9.18 Å². The fraction of sp³-hybridized carbons (Fsp3) is 0.235. The third-order valence-corrected chi connectivity index (χ3v) is 4.04. The maximum Gasteiger partial charge on any atom is 0.340 e. The smallest absolute Gasteiger partial charge is 0.340 e. The average Bonchev–Trinajstić information content (AvgIpc) is 2.53. The summed E-state index contributed by atoms with van der Waals surface area (Å²) in [5, 5.41) is 0.0665. The first-order valence-electron chi connectivity index (χ1n) is 6.87. The highest BCUT2D eigenvalue weighted by molar-refractivity contribution is 6.36. The predicted molar refractivity (Wildman–Crippen MR) is 87.1 cm³/mol. The Kier molecular flexibility index (Phi) is 5.99. The molecule has 2 atom stereocenters. The summed E-state index contributed by atoms with van der Waals surface area (Å²) < 4.78 is 24.2. The standard InChI is InChI=1S/C17H15Cl2FO3/c1-10(14-12(18)8-9-13(20)15(14)19)23-17(21)16(22-2)11-6-4-3-5-7-11/h3-10,16H,1-2H3/t10-,16+/m1/s1. The quantitative estimate of drug-likeness (QED) is 0.550. The van der Waals surface area contributed by atoms with E-state index in [9.17, 15) is 9.18 Å². The summed E-state index contributed by atoms with van der Waals surface area (Å²) in [5.74, 6) is -1.23. The van der Waals surface area contributed by atoms with Crippen LogP contribution in [0.2, 0.25) is 10.0 Å². The number of esters is 1. The van der Waals surface area contributed by atoms with Crippen LogP contribution in [0.15, 0.2) is 42.5 Å². The molecule has 0 aliphatic heterocycles. The first kappa shape index (κ1) is 17.7. The molecule has 0 spiro atoms. The molecule has 0 aliphatic carbocycles. The number of benzene rings is 2. The molecule has 0 unspecified atom stereocenters. The molecule has 0 amide bonds. The van der Waals surface area contributed by atoms with Crippen molar-refractivity contribution in [2.45, 2.75) is 19.1 Å². The fourth-order valence-electron chi connectivity index (χ4n) is 2.21. The SMILES string of the molecule is CO[C@H](C(=O)O[C@H](C)c1c(Cl)ccc(F)c1Cl)c1ccccc1. The van der Waals surface area contributed by atoms with Crippen LogP contribution in [0.5, 0.6) is 0 Å². The van der Waals surface area contributed by atoms with Crippen LogP contribution >= 0.6 is 23.2 Å². The third-order valence-electron chi connectivity index (χ3n) is 3.33. The second-order valence-corrected chi connectivity index (χ2v) is 5.65. The second-order valence-electron chi connectivity index (χ2n) is 4.86. The van der Waals surface area contributed by atoms with E-state index in [1.165, 1.54) is 13.2 Å². The average molecular weight is 357 g/mol. The van der Waals surface area contributed by atoms with E-state index in [1.54, 1.807) is 31.2 Å². The van der Waals surface area contributed by atoms with Gasteiger partial charge in [-0.1, -0.05) is 53.5 Å². The van der Waals surface area contributed by atoms with Gasteiger partial charge in [0.15, 0.2) is 6.10 Å². The summed E-state index contributed by atoms with van der Waals surface area (Å²) in [6.07, 6.45) is -1.70. The largest absolute Gasteiger partial charge is 0.455 e. The van der Waals surface area contributed by atoms with Crippen LogP contribution in [-0.4, -0.2) is 13.1 Å². The summed E-state index contributed by atoms with van der Waals surface area (Å²) >= 11 is 12.0. The molecule has 122 valence electrons. The Bertz CT molecular complexity index is 692. The third kappa shape index (κ3) is 4.02. The van der Waals surface area contributed by atoms with Crippen LogP contribution in [0.1, 0.15) is 30.3 Å². The highest BCUT2D eigenvalue weighted by Crippen LogP contribution is 2.35. The van der Waals surface area contributed by atoms with E-state index < -0.39 is 24.0 Å². The summed E-state index contributed by atoms with van der Waals surface area (Å²) in [4.78, 5) is 12.3. The Morgan fingerprint density at radius 3 is 2.39 bits per heavy atom. The Morgan fingerprint density at radius 2 is 1.78 bits per heavy atom. The number of halogens is 3. The van der Waals surface area contributed by atoms with E-state index >= 15 is 0 Å². The van der Waals surface area contributed by atoms with Gasteiger partial charge in [0.2, 0.25) is 0 Å². The number of rotatable bonds is 5. The molecule has 2 aromatic rings. The normalized spacial score (nSPS) is 13.4. The Morgan fingerprint density at radius 1 is 1.13 bits per heavy atom. The van der Waals surface area contributed by atoms with E-state index in [-0.39, 0.29) is 15.6 Å². The Hall–Kier alpha value is -1.62. The van der Waals surface area contributed by atoms with Gasteiger partial charge in [-0.15, -0.1) is 0 Å². The van der Waals surface area contributed by atoms with E-state index in [4.69, 9.17) is 32.7 Å². The molecule has 0 saturated carbocycles. The Labute approximate surface area is 143 Å². The van der Waals surface area contributed by atoms with E-state index in [0.29, 0.717) is 5.56 Å². The van der Waals surface area contributed by atoms with Crippen molar-refractivity contribution in [1.29, 1.82) is 0 Å². The van der Waals surface area contributed by atoms with Crippen molar-refractivity contribution in [1.82, 2.24) is 0 Å². The topological polar surface area (TPSA) is 35.5 Å². The molecule has 6 heteroatoms. The van der Waals surface area contributed by atoms with Gasteiger partial charge in [0, 0.05) is 17.7 Å². The zero-order chi connectivity index (χ0) is 17.0. The lowest BCUT2D eigenvalue weighted by Gasteiger charge is -2.20. The lowest BCUT2D eigenvalue weighted by molar-refractivity contribution is -0.161. The van der Waals surface area contributed by atoms with Crippen molar-refractivity contribution >= 4 is 29.2 Å². The molecule has 3 nitrogen and oxygen atoms in total. The second kappa shape index (κ2) is 7.77. The van der Waals surface area contributed by atoms with Gasteiger partial charge in [-0.2, -0.15) is 0 Å². The van der Waals surface area contributed by atoms with Crippen molar-refractivity contribution in [2.75, 3.05) is 7.11 Å². The molecule has 0 heterocycles. The first-order valence-corrected chi connectivity index (χ1v) is 7.63. The number of carbonyl (C=O) groups excluding carboxylic acids is 1. The molecule has 0 aromatic heterocycles. The zero-order valence-electron chi connectivity index (χ0n) is 12.6. The molecular formula is C17H15Cl2FO3. The maximum absolute atomic E-state index is 13.6. The van der Waals surface area contributed by atoms with Gasteiger partial charge in [0.05, 0.1) is 5.02 Å².